The Morgan fingerprint density at radius 2 is 2.48 bits per heavy atom. The number of hydrogen-bond acceptors (Lipinski definition) is 4. The van der Waals surface area contributed by atoms with Crippen LogP contribution in [0.15, 0.2) is 30.2 Å². The number of fused-ring (bicyclic) bond motifs is 3. The Labute approximate surface area is 143 Å². The molecule has 0 radical (unpaired) electrons. The summed E-state index contributed by atoms with van der Waals surface area (Å²) in [6.45, 7) is 9.08. The van der Waals surface area contributed by atoms with Gasteiger partial charge in [-0.1, -0.05) is 12.1 Å². The lowest BCUT2D eigenvalue weighted by molar-refractivity contribution is -0.00777. The van der Waals surface area contributed by atoms with E-state index in [0.29, 0.717) is 6.04 Å². The lowest BCUT2D eigenvalue weighted by Crippen LogP contribution is -2.58. The van der Waals surface area contributed by atoms with Crippen LogP contribution in [0.2, 0.25) is 0 Å². The van der Waals surface area contributed by atoms with Crippen molar-refractivity contribution in [2.45, 2.75) is 18.9 Å². The van der Waals surface area contributed by atoms with Gasteiger partial charge in [0, 0.05) is 32.2 Å². The molecule has 23 heavy (non-hydrogen) atoms. The number of piperidine rings is 3. The first-order valence-corrected chi connectivity index (χ1v) is 9.40. The zero-order valence-electron chi connectivity index (χ0n) is 13.9. The van der Waals surface area contributed by atoms with Crippen LogP contribution in [0.4, 0.5) is 0 Å². The summed E-state index contributed by atoms with van der Waals surface area (Å²) in [5, 5.41) is 5.07. The molecule has 1 aromatic heterocycles. The normalized spacial score (nSPS) is 29.7. The first-order valence-electron chi connectivity index (χ1n) is 8.52. The molecule has 1 aromatic rings. The molecule has 4 atom stereocenters. The SMILES string of the molecule is C=CCN(C)CC1CN2CCC1CC2CNC(=O)c1cccs1. The predicted molar refractivity (Wildman–Crippen MR) is 95.9 cm³/mol. The molecule has 4 rings (SSSR count). The van der Waals surface area contributed by atoms with Gasteiger partial charge in [-0.05, 0) is 49.7 Å². The van der Waals surface area contributed by atoms with Gasteiger partial charge in [0.25, 0.3) is 5.91 Å². The molecule has 3 fully saturated rings. The minimum atomic E-state index is 0.0740. The van der Waals surface area contributed by atoms with E-state index < -0.39 is 0 Å². The van der Waals surface area contributed by atoms with Crippen molar-refractivity contribution in [1.82, 2.24) is 15.1 Å². The minimum Gasteiger partial charge on any atom is -0.350 e. The molecular formula is C18H27N3OS. The monoisotopic (exact) mass is 333 g/mol. The van der Waals surface area contributed by atoms with Crippen molar-refractivity contribution in [2.24, 2.45) is 11.8 Å². The van der Waals surface area contributed by atoms with Crippen molar-refractivity contribution in [1.29, 1.82) is 0 Å². The fraction of sp³-hybridized carbons (Fsp3) is 0.611. The van der Waals surface area contributed by atoms with E-state index in [1.54, 1.807) is 0 Å². The highest BCUT2D eigenvalue weighted by Gasteiger charge is 2.40. The summed E-state index contributed by atoms with van der Waals surface area (Å²) < 4.78 is 0. The number of carbonyl (C=O) groups is 1. The van der Waals surface area contributed by atoms with E-state index in [1.165, 1.54) is 37.3 Å². The number of rotatable bonds is 7. The first kappa shape index (κ1) is 16.7. The zero-order chi connectivity index (χ0) is 16.2. The molecule has 0 aromatic carbocycles. The van der Waals surface area contributed by atoms with E-state index in [2.05, 4.69) is 28.7 Å². The van der Waals surface area contributed by atoms with E-state index in [1.807, 2.05) is 23.6 Å². The number of hydrogen-bond donors (Lipinski definition) is 1. The van der Waals surface area contributed by atoms with E-state index in [0.717, 1.165) is 36.3 Å². The third kappa shape index (κ3) is 4.03. The molecule has 1 amide bonds. The third-order valence-corrected chi connectivity index (χ3v) is 6.11. The van der Waals surface area contributed by atoms with Gasteiger partial charge in [-0.3, -0.25) is 9.69 Å². The molecule has 0 saturated carbocycles. The Bertz CT molecular complexity index is 530. The molecule has 126 valence electrons. The average Bonchev–Trinajstić information content (AvgIpc) is 3.08. The van der Waals surface area contributed by atoms with Crippen molar-refractivity contribution in [3.63, 3.8) is 0 Å². The smallest absolute Gasteiger partial charge is 0.261 e. The maximum atomic E-state index is 12.1. The summed E-state index contributed by atoms with van der Waals surface area (Å²) in [5.41, 5.74) is 0. The topological polar surface area (TPSA) is 35.6 Å². The van der Waals surface area contributed by atoms with Crippen molar-refractivity contribution >= 4 is 17.2 Å². The standard InChI is InChI=1S/C18H27N3OS/c1-3-7-20(2)12-15-13-21-8-6-14(15)10-16(21)11-19-18(22)17-5-4-9-23-17/h3-5,9,14-16H,1,6-8,10-13H2,2H3,(H,19,22). The third-order valence-electron chi connectivity index (χ3n) is 5.24. The van der Waals surface area contributed by atoms with Crippen molar-refractivity contribution in [3.8, 4) is 0 Å². The number of nitrogens with zero attached hydrogens (tertiary/aromatic N) is 2. The zero-order valence-corrected chi connectivity index (χ0v) is 14.7. The van der Waals surface area contributed by atoms with Crippen LogP contribution in [-0.4, -0.2) is 61.5 Å². The number of nitrogens with one attached hydrogen (secondary N) is 1. The summed E-state index contributed by atoms with van der Waals surface area (Å²) in [4.78, 5) is 17.9. The minimum absolute atomic E-state index is 0.0740. The van der Waals surface area contributed by atoms with Gasteiger partial charge < -0.3 is 10.2 Å². The van der Waals surface area contributed by atoms with E-state index in [9.17, 15) is 4.79 Å². The van der Waals surface area contributed by atoms with Crippen LogP contribution in [0.3, 0.4) is 0 Å². The first-order chi connectivity index (χ1) is 11.2. The van der Waals surface area contributed by atoms with Gasteiger partial charge >= 0.3 is 0 Å². The number of carbonyl (C=O) groups excluding carboxylic acids is 1. The Hall–Kier alpha value is -1.17. The lowest BCUT2D eigenvalue weighted by atomic mass is 9.75. The summed E-state index contributed by atoms with van der Waals surface area (Å²) >= 11 is 1.51. The fourth-order valence-corrected chi connectivity index (χ4v) is 4.71. The molecule has 2 bridgehead atoms. The van der Waals surface area contributed by atoms with Crippen LogP contribution in [0.25, 0.3) is 0 Å². The summed E-state index contributed by atoms with van der Waals surface area (Å²) in [6.07, 6.45) is 4.50. The highest BCUT2D eigenvalue weighted by molar-refractivity contribution is 7.12. The summed E-state index contributed by atoms with van der Waals surface area (Å²) in [5.74, 6) is 1.64. The van der Waals surface area contributed by atoms with Gasteiger partial charge in [-0.15, -0.1) is 17.9 Å². The lowest BCUT2D eigenvalue weighted by Gasteiger charge is -2.50. The molecule has 5 heteroatoms. The molecule has 0 spiro atoms. The number of amides is 1. The Balaban J connectivity index is 1.49. The van der Waals surface area contributed by atoms with Crippen molar-refractivity contribution < 1.29 is 4.79 Å². The van der Waals surface area contributed by atoms with Crippen LogP contribution < -0.4 is 5.32 Å². The quantitative estimate of drug-likeness (QED) is 0.778. The molecule has 1 N–H and O–H groups in total. The maximum absolute atomic E-state index is 12.1. The largest absolute Gasteiger partial charge is 0.350 e. The van der Waals surface area contributed by atoms with Gasteiger partial charge in [0.05, 0.1) is 4.88 Å². The van der Waals surface area contributed by atoms with E-state index in [4.69, 9.17) is 0 Å². The van der Waals surface area contributed by atoms with Gasteiger partial charge in [0.2, 0.25) is 0 Å². The Kier molecular flexibility index (Phi) is 5.51. The molecule has 4 unspecified atom stereocenters. The number of thiophene rings is 1. The molecule has 4 nitrogen and oxygen atoms in total. The second kappa shape index (κ2) is 7.60. The van der Waals surface area contributed by atoms with Crippen LogP contribution in [0.5, 0.6) is 0 Å². The van der Waals surface area contributed by atoms with Crippen LogP contribution in [0, 0.1) is 11.8 Å². The second-order valence-corrected chi connectivity index (χ2v) is 7.84. The second-order valence-electron chi connectivity index (χ2n) is 6.89. The van der Waals surface area contributed by atoms with Crippen LogP contribution >= 0.6 is 11.3 Å². The van der Waals surface area contributed by atoms with E-state index in [-0.39, 0.29) is 5.91 Å². The highest BCUT2D eigenvalue weighted by Crippen LogP contribution is 2.36. The fourth-order valence-electron chi connectivity index (χ4n) is 4.07. The van der Waals surface area contributed by atoms with Crippen molar-refractivity contribution in [2.75, 3.05) is 39.8 Å². The molecule has 3 aliphatic heterocycles. The van der Waals surface area contributed by atoms with Crippen LogP contribution in [0.1, 0.15) is 22.5 Å². The maximum Gasteiger partial charge on any atom is 0.261 e. The Morgan fingerprint density at radius 3 is 3.13 bits per heavy atom. The summed E-state index contributed by atoms with van der Waals surface area (Å²) in [7, 11) is 2.18. The summed E-state index contributed by atoms with van der Waals surface area (Å²) in [6, 6.07) is 4.33. The van der Waals surface area contributed by atoms with Gasteiger partial charge in [-0.25, -0.2) is 0 Å². The Morgan fingerprint density at radius 1 is 1.61 bits per heavy atom. The number of likely N-dealkylation sites (N-methyl/N-ethyl adjacent to an activating group) is 1. The molecule has 0 aliphatic carbocycles. The molecule has 4 heterocycles. The van der Waals surface area contributed by atoms with Crippen molar-refractivity contribution in [3.05, 3.63) is 35.0 Å². The molecular weight excluding hydrogens is 306 g/mol. The highest BCUT2D eigenvalue weighted by atomic mass is 32.1. The van der Waals surface area contributed by atoms with Gasteiger partial charge in [-0.2, -0.15) is 0 Å². The molecule has 3 aliphatic rings. The van der Waals surface area contributed by atoms with Gasteiger partial charge in [0.1, 0.15) is 0 Å². The van der Waals surface area contributed by atoms with E-state index >= 15 is 0 Å². The average molecular weight is 334 g/mol. The molecule has 3 saturated heterocycles. The van der Waals surface area contributed by atoms with Crippen LogP contribution in [-0.2, 0) is 0 Å². The van der Waals surface area contributed by atoms with Gasteiger partial charge in [0.15, 0.2) is 0 Å². The predicted octanol–water partition coefficient (Wildman–Crippen LogP) is 2.31.